The summed E-state index contributed by atoms with van der Waals surface area (Å²) in [7, 11) is 1.71. The zero-order valence-electron chi connectivity index (χ0n) is 14.2. The summed E-state index contributed by atoms with van der Waals surface area (Å²) in [6.07, 6.45) is 0. The molecule has 1 unspecified atom stereocenters. The van der Waals surface area contributed by atoms with Crippen molar-refractivity contribution in [2.45, 2.75) is 24.3 Å². The second-order valence-corrected chi connectivity index (χ2v) is 8.12. The van der Waals surface area contributed by atoms with Crippen LogP contribution < -0.4 is 5.56 Å². The highest BCUT2D eigenvalue weighted by atomic mass is 32.2. The van der Waals surface area contributed by atoms with Crippen molar-refractivity contribution in [3.05, 3.63) is 21.8 Å². The maximum absolute atomic E-state index is 12.7. The van der Waals surface area contributed by atoms with E-state index in [4.69, 9.17) is 0 Å². The number of aromatic nitrogens is 2. The van der Waals surface area contributed by atoms with Crippen LogP contribution in [0.1, 0.15) is 13.8 Å². The van der Waals surface area contributed by atoms with Crippen LogP contribution in [0, 0.1) is 0 Å². The first-order valence-electron chi connectivity index (χ1n) is 8.13. The quantitative estimate of drug-likeness (QED) is 0.608. The molecule has 1 saturated heterocycles. The molecule has 1 atom stereocenters. The minimum Gasteiger partial charge on any atom is -0.339 e. The molecule has 0 spiro atoms. The molecular formula is C16H22N4O2S2. The summed E-state index contributed by atoms with van der Waals surface area (Å²) in [5, 5.41) is 2.85. The van der Waals surface area contributed by atoms with Gasteiger partial charge < -0.3 is 9.80 Å². The van der Waals surface area contributed by atoms with E-state index in [2.05, 4.69) is 16.8 Å². The Bertz CT molecular complexity index is 793. The number of nitrogens with zero attached hydrogens (tertiary/aromatic N) is 4. The predicted molar refractivity (Wildman–Crippen MR) is 98.9 cm³/mol. The molecule has 0 N–H and O–H groups in total. The van der Waals surface area contributed by atoms with Gasteiger partial charge >= 0.3 is 0 Å². The lowest BCUT2D eigenvalue weighted by molar-refractivity contribution is -0.132. The number of piperazine rings is 1. The zero-order valence-corrected chi connectivity index (χ0v) is 15.8. The third-order valence-corrected chi connectivity index (χ3v) is 6.36. The monoisotopic (exact) mass is 366 g/mol. The standard InChI is InChI=1S/C16H22N4O2S2/c1-4-19-6-8-20(9-7-19)14(21)11(2)24-16-17-13-12(5-10-23-13)15(22)18(16)3/h5,10-11H,4,6-9H2,1-3H3. The van der Waals surface area contributed by atoms with Crippen LogP contribution >= 0.6 is 23.1 Å². The normalized spacial score (nSPS) is 17.4. The average molecular weight is 367 g/mol. The lowest BCUT2D eigenvalue weighted by Crippen LogP contribution is -2.50. The van der Waals surface area contributed by atoms with Crippen LogP contribution in [0.15, 0.2) is 21.4 Å². The minimum atomic E-state index is -0.256. The fourth-order valence-electron chi connectivity index (χ4n) is 2.84. The number of thioether (sulfide) groups is 1. The van der Waals surface area contributed by atoms with Crippen LogP contribution in [0.5, 0.6) is 0 Å². The van der Waals surface area contributed by atoms with E-state index in [-0.39, 0.29) is 16.7 Å². The van der Waals surface area contributed by atoms with Gasteiger partial charge in [0.1, 0.15) is 4.83 Å². The molecule has 3 heterocycles. The third-order valence-electron chi connectivity index (χ3n) is 4.43. The number of thiophene rings is 1. The van der Waals surface area contributed by atoms with E-state index in [0.717, 1.165) is 37.6 Å². The predicted octanol–water partition coefficient (Wildman–Crippen LogP) is 1.64. The maximum Gasteiger partial charge on any atom is 0.262 e. The van der Waals surface area contributed by atoms with Gasteiger partial charge in [-0.25, -0.2) is 4.98 Å². The van der Waals surface area contributed by atoms with Crippen molar-refractivity contribution in [3.8, 4) is 0 Å². The molecule has 24 heavy (non-hydrogen) atoms. The molecule has 0 bridgehead atoms. The van der Waals surface area contributed by atoms with Crippen molar-refractivity contribution >= 4 is 39.2 Å². The number of fused-ring (bicyclic) bond motifs is 1. The van der Waals surface area contributed by atoms with E-state index in [1.807, 2.05) is 17.2 Å². The Kier molecular flexibility index (Phi) is 5.27. The summed E-state index contributed by atoms with van der Waals surface area (Å²) in [4.78, 5) is 34.6. The summed E-state index contributed by atoms with van der Waals surface area (Å²) >= 11 is 2.82. The average Bonchev–Trinajstić information content (AvgIpc) is 3.07. The van der Waals surface area contributed by atoms with Gasteiger partial charge in [-0.2, -0.15) is 0 Å². The van der Waals surface area contributed by atoms with E-state index < -0.39 is 0 Å². The highest BCUT2D eigenvalue weighted by Crippen LogP contribution is 2.25. The number of amides is 1. The van der Waals surface area contributed by atoms with Gasteiger partial charge in [0.05, 0.1) is 10.6 Å². The molecule has 3 rings (SSSR count). The van der Waals surface area contributed by atoms with Crippen molar-refractivity contribution in [2.24, 2.45) is 7.05 Å². The fourth-order valence-corrected chi connectivity index (χ4v) is 4.60. The molecule has 0 radical (unpaired) electrons. The van der Waals surface area contributed by atoms with Crippen molar-refractivity contribution < 1.29 is 4.79 Å². The summed E-state index contributed by atoms with van der Waals surface area (Å²) in [5.41, 5.74) is -0.0556. The molecule has 2 aromatic heterocycles. The number of carbonyl (C=O) groups is 1. The summed E-state index contributed by atoms with van der Waals surface area (Å²) in [6, 6.07) is 1.80. The molecule has 130 valence electrons. The first-order chi connectivity index (χ1) is 11.5. The second kappa shape index (κ2) is 7.25. The van der Waals surface area contributed by atoms with Crippen LogP contribution in [0.2, 0.25) is 0 Å². The Balaban J connectivity index is 1.73. The van der Waals surface area contributed by atoms with E-state index in [1.54, 1.807) is 17.7 Å². The first-order valence-corrected chi connectivity index (χ1v) is 9.89. The summed E-state index contributed by atoms with van der Waals surface area (Å²) in [6.45, 7) is 8.46. The van der Waals surface area contributed by atoms with Gasteiger partial charge in [-0.1, -0.05) is 18.7 Å². The Hall–Kier alpha value is -1.38. The molecule has 1 aliphatic rings. The number of carbonyl (C=O) groups excluding carboxylic acids is 1. The third kappa shape index (κ3) is 3.36. The van der Waals surface area contributed by atoms with Crippen LogP contribution in [-0.4, -0.2) is 63.2 Å². The molecule has 2 aromatic rings. The molecule has 8 heteroatoms. The molecular weight excluding hydrogens is 344 g/mol. The lowest BCUT2D eigenvalue weighted by atomic mass is 10.3. The van der Waals surface area contributed by atoms with Crippen molar-refractivity contribution in [3.63, 3.8) is 0 Å². The van der Waals surface area contributed by atoms with Crippen molar-refractivity contribution in [2.75, 3.05) is 32.7 Å². The highest BCUT2D eigenvalue weighted by molar-refractivity contribution is 8.00. The molecule has 0 aliphatic carbocycles. The minimum absolute atomic E-state index is 0.0556. The van der Waals surface area contributed by atoms with E-state index >= 15 is 0 Å². The summed E-state index contributed by atoms with van der Waals surface area (Å²) in [5.74, 6) is 0.122. The SMILES string of the molecule is CCN1CCN(C(=O)C(C)Sc2nc3sccc3c(=O)n2C)CC1. The van der Waals surface area contributed by atoms with E-state index in [9.17, 15) is 9.59 Å². The topological polar surface area (TPSA) is 58.4 Å². The fraction of sp³-hybridized carbons (Fsp3) is 0.562. The molecule has 6 nitrogen and oxygen atoms in total. The van der Waals surface area contributed by atoms with Crippen LogP contribution in [0.4, 0.5) is 0 Å². The molecule has 0 saturated carbocycles. The van der Waals surface area contributed by atoms with E-state index in [1.165, 1.54) is 23.1 Å². The molecule has 1 fully saturated rings. The van der Waals surface area contributed by atoms with Crippen LogP contribution in [0.25, 0.3) is 10.2 Å². The van der Waals surface area contributed by atoms with Gasteiger partial charge in [0.25, 0.3) is 5.56 Å². The lowest BCUT2D eigenvalue weighted by Gasteiger charge is -2.35. The van der Waals surface area contributed by atoms with Gasteiger partial charge in [-0.3, -0.25) is 14.2 Å². The second-order valence-electron chi connectivity index (χ2n) is 5.92. The highest BCUT2D eigenvalue weighted by Gasteiger charge is 2.26. The van der Waals surface area contributed by atoms with E-state index in [0.29, 0.717) is 10.5 Å². The maximum atomic E-state index is 12.7. The van der Waals surface area contributed by atoms with Gasteiger partial charge in [0.2, 0.25) is 5.91 Å². The number of hydrogen-bond acceptors (Lipinski definition) is 6. The molecule has 0 aromatic carbocycles. The number of likely N-dealkylation sites (N-methyl/N-ethyl adjacent to an activating group) is 1. The van der Waals surface area contributed by atoms with Gasteiger partial charge in [0, 0.05) is 33.2 Å². The number of rotatable bonds is 4. The number of hydrogen-bond donors (Lipinski definition) is 0. The van der Waals surface area contributed by atoms with Gasteiger partial charge in [-0.15, -0.1) is 11.3 Å². The van der Waals surface area contributed by atoms with Gasteiger partial charge in [0.15, 0.2) is 5.16 Å². The van der Waals surface area contributed by atoms with Gasteiger partial charge in [-0.05, 0) is 24.9 Å². The Morgan fingerprint density at radius 3 is 2.75 bits per heavy atom. The molecule has 1 amide bonds. The Labute approximate surface area is 149 Å². The Morgan fingerprint density at radius 2 is 2.08 bits per heavy atom. The zero-order chi connectivity index (χ0) is 17.3. The summed E-state index contributed by atoms with van der Waals surface area (Å²) < 4.78 is 1.54. The van der Waals surface area contributed by atoms with Crippen LogP contribution in [0.3, 0.4) is 0 Å². The smallest absolute Gasteiger partial charge is 0.262 e. The molecule has 1 aliphatic heterocycles. The largest absolute Gasteiger partial charge is 0.339 e. The van der Waals surface area contributed by atoms with Crippen molar-refractivity contribution in [1.29, 1.82) is 0 Å². The Morgan fingerprint density at radius 1 is 1.38 bits per heavy atom. The first kappa shape index (κ1) is 17.4. The van der Waals surface area contributed by atoms with Crippen LogP contribution in [-0.2, 0) is 11.8 Å². The van der Waals surface area contributed by atoms with Crippen molar-refractivity contribution in [1.82, 2.24) is 19.4 Å².